The number of fused-ring (bicyclic) bond motifs is 1. The minimum absolute atomic E-state index is 0.00885. The normalized spacial score (nSPS) is 10.6. The smallest absolute Gasteiger partial charge is 0.361 e. The predicted octanol–water partition coefficient (Wildman–Crippen LogP) is 3.20. The molecule has 2 heterocycles. The van der Waals surface area contributed by atoms with Gasteiger partial charge in [-0.3, -0.25) is 0 Å². The second-order valence-corrected chi connectivity index (χ2v) is 5.04. The maximum absolute atomic E-state index is 12.0. The molecule has 8 nitrogen and oxygen atoms in total. The van der Waals surface area contributed by atoms with Crippen molar-refractivity contribution < 1.29 is 18.8 Å². The molecule has 24 heavy (non-hydrogen) atoms. The van der Waals surface area contributed by atoms with Crippen molar-refractivity contribution in [3.63, 3.8) is 0 Å². The van der Waals surface area contributed by atoms with Crippen molar-refractivity contribution in [3.05, 3.63) is 35.2 Å². The lowest BCUT2D eigenvalue weighted by molar-refractivity contribution is 0.0517. The Morgan fingerprint density at radius 2 is 2.21 bits per heavy atom. The Kier molecular flexibility index (Phi) is 4.48. The van der Waals surface area contributed by atoms with E-state index >= 15 is 0 Å². The number of halogens is 1. The lowest BCUT2D eigenvalue weighted by Crippen LogP contribution is -2.06. The van der Waals surface area contributed by atoms with Crippen LogP contribution in [0.15, 0.2) is 29.0 Å². The SMILES string of the molecule is CCOC(=O)c1noc2ncnc(Nc3ccc(OC)c(Cl)c3)c12. The second kappa shape index (κ2) is 6.71. The van der Waals surface area contributed by atoms with Crippen LogP contribution in [0.5, 0.6) is 5.75 Å². The largest absolute Gasteiger partial charge is 0.495 e. The van der Waals surface area contributed by atoms with Crippen LogP contribution in [0.2, 0.25) is 5.02 Å². The maximum Gasteiger partial charge on any atom is 0.361 e. The molecule has 0 aliphatic carbocycles. The fraction of sp³-hybridized carbons (Fsp3) is 0.200. The first-order chi connectivity index (χ1) is 11.6. The average Bonchev–Trinajstić information content (AvgIpc) is 3.00. The van der Waals surface area contributed by atoms with Crippen molar-refractivity contribution in [2.45, 2.75) is 6.92 Å². The number of aromatic nitrogens is 3. The first-order valence-corrected chi connectivity index (χ1v) is 7.40. The second-order valence-electron chi connectivity index (χ2n) is 4.63. The van der Waals surface area contributed by atoms with Crippen LogP contribution >= 0.6 is 11.6 Å². The summed E-state index contributed by atoms with van der Waals surface area (Å²) >= 11 is 6.11. The van der Waals surface area contributed by atoms with Gasteiger partial charge in [0.05, 0.1) is 18.7 Å². The molecular formula is C15H13ClN4O4. The Bertz CT molecular complexity index is 896. The summed E-state index contributed by atoms with van der Waals surface area (Å²) in [6.07, 6.45) is 1.30. The van der Waals surface area contributed by atoms with E-state index in [0.29, 0.717) is 27.7 Å². The van der Waals surface area contributed by atoms with Gasteiger partial charge >= 0.3 is 5.97 Å². The number of anilines is 2. The van der Waals surface area contributed by atoms with E-state index in [1.807, 2.05) is 0 Å². The van der Waals surface area contributed by atoms with E-state index < -0.39 is 5.97 Å². The molecule has 0 aliphatic rings. The van der Waals surface area contributed by atoms with Gasteiger partial charge in [0, 0.05) is 5.69 Å². The molecule has 0 saturated carbocycles. The Balaban J connectivity index is 2.01. The minimum atomic E-state index is -0.609. The van der Waals surface area contributed by atoms with Crippen molar-refractivity contribution in [2.24, 2.45) is 0 Å². The number of carbonyl (C=O) groups excluding carboxylic acids is 1. The number of hydrogen-bond donors (Lipinski definition) is 1. The van der Waals surface area contributed by atoms with Crippen LogP contribution in [-0.4, -0.2) is 34.8 Å². The van der Waals surface area contributed by atoms with Gasteiger partial charge in [-0.2, -0.15) is 4.98 Å². The zero-order chi connectivity index (χ0) is 17.1. The van der Waals surface area contributed by atoms with Crippen LogP contribution in [-0.2, 0) is 4.74 Å². The zero-order valence-corrected chi connectivity index (χ0v) is 13.6. The summed E-state index contributed by atoms with van der Waals surface area (Å²) in [6, 6.07) is 5.14. The molecule has 9 heteroatoms. The molecule has 3 rings (SSSR count). The van der Waals surface area contributed by atoms with Gasteiger partial charge in [0.15, 0.2) is 0 Å². The zero-order valence-electron chi connectivity index (χ0n) is 12.9. The minimum Gasteiger partial charge on any atom is -0.495 e. The average molecular weight is 349 g/mol. The monoisotopic (exact) mass is 348 g/mol. The van der Waals surface area contributed by atoms with Gasteiger partial charge in [-0.05, 0) is 25.1 Å². The predicted molar refractivity (Wildman–Crippen MR) is 86.8 cm³/mol. The van der Waals surface area contributed by atoms with E-state index in [1.165, 1.54) is 13.4 Å². The summed E-state index contributed by atoms with van der Waals surface area (Å²) in [5.41, 5.74) is 0.835. The van der Waals surface area contributed by atoms with Crippen LogP contribution < -0.4 is 10.1 Å². The molecule has 0 amide bonds. The quantitative estimate of drug-likeness (QED) is 0.702. The molecular weight excluding hydrogens is 336 g/mol. The molecule has 0 unspecified atom stereocenters. The molecule has 1 N–H and O–H groups in total. The summed E-state index contributed by atoms with van der Waals surface area (Å²) in [7, 11) is 1.53. The molecule has 0 bridgehead atoms. The summed E-state index contributed by atoms with van der Waals surface area (Å²) in [5, 5.41) is 7.56. The highest BCUT2D eigenvalue weighted by Gasteiger charge is 2.22. The Morgan fingerprint density at radius 1 is 1.38 bits per heavy atom. The number of methoxy groups -OCH3 is 1. The fourth-order valence-electron chi connectivity index (χ4n) is 2.10. The maximum atomic E-state index is 12.0. The summed E-state index contributed by atoms with van der Waals surface area (Å²) in [4.78, 5) is 20.1. The molecule has 0 radical (unpaired) electrons. The molecule has 124 valence electrons. The van der Waals surface area contributed by atoms with Gasteiger partial charge in [-0.25, -0.2) is 9.78 Å². The van der Waals surface area contributed by atoms with Gasteiger partial charge in [0.2, 0.25) is 5.69 Å². The third-order valence-corrected chi connectivity index (χ3v) is 3.45. The highest BCUT2D eigenvalue weighted by Crippen LogP contribution is 2.31. The molecule has 0 saturated heterocycles. The standard InChI is InChI=1S/C15H13ClN4O4/c1-3-23-15(21)12-11-13(17-7-18-14(11)24-20-12)19-8-4-5-10(22-2)9(16)6-8/h4-7H,3H2,1-2H3,(H,17,18,19). The molecule has 0 fully saturated rings. The van der Waals surface area contributed by atoms with E-state index in [4.69, 9.17) is 25.6 Å². The lowest BCUT2D eigenvalue weighted by atomic mass is 10.2. The summed E-state index contributed by atoms with van der Waals surface area (Å²) in [5.74, 6) is 0.291. The van der Waals surface area contributed by atoms with Gasteiger partial charge in [0.25, 0.3) is 5.71 Å². The van der Waals surface area contributed by atoms with Crippen LogP contribution in [0.1, 0.15) is 17.4 Å². The van der Waals surface area contributed by atoms with Crippen molar-refractivity contribution in [1.29, 1.82) is 0 Å². The molecule has 2 aromatic heterocycles. The van der Waals surface area contributed by atoms with E-state index in [-0.39, 0.29) is 18.0 Å². The van der Waals surface area contributed by atoms with Gasteiger partial charge < -0.3 is 19.3 Å². The van der Waals surface area contributed by atoms with Crippen LogP contribution in [0.25, 0.3) is 11.1 Å². The van der Waals surface area contributed by atoms with Crippen molar-refractivity contribution >= 4 is 40.2 Å². The van der Waals surface area contributed by atoms with Gasteiger partial charge in [-0.1, -0.05) is 16.8 Å². The summed E-state index contributed by atoms with van der Waals surface area (Å²) in [6.45, 7) is 1.92. The number of nitrogens with one attached hydrogen (secondary N) is 1. The molecule has 3 aromatic rings. The molecule has 0 aliphatic heterocycles. The van der Waals surface area contributed by atoms with Crippen molar-refractivity contribution in [3.8, 4) is 5.75 Å². The van der Waals surface area contributed by atoms with Crippen molar-refractivity contribution in [1.82, 2.24) is 15.1 Å². The van der Waals surface area contributed by atoms with E-state index in [2.05, 4.69) is 20.4 Å². The third kappa shape index (κ3) is 2.95. The van der Waals surface area contributed by atoms with Crippen LogP contribution in [0, 0.1) is 0 Å². The van der Waals surface area contributed by atoms with Crippen LogP contribution in [0.4, 0.5) is 11.5 Å². The van der Waals surface area contributed by atoms with E-state index in [9.17, 15) is 4.79 Å². The number of benzene rings is 1. The topological polar surface area (TPSA) is 99.4 Å². The number of rotatable bonds is 5. The Hall–Kier alpha value is -2.87. The number of ether oxygens (including phenoxy) is 2. The highest BCUT2D eigenvalue weighted by molar-refractivity contribution is 6.32. The van der Waals surface area contributed by atoms with Crippen molar-refractivity contribution in [2.75, 3.05) is 19.0 Å². The number of hydrogen-bond acceptors (Lipinski definition) is 8. The highest BCUT2D eigenvalue weighted by atomic mass is 35.5. The molecule has 0 spiro atoms. The Labute approximate surface area is 141 Å². The number of nitrogens with zero attached hydrogens (tertiary/aromatic N) is 3. The van der Waals surface area contributed by atoms with Gasteiger partial charge in [0.1, 0.15) is 23.3 Å². The summed E-state index contributed by atoms with van der Waals surface area (Å²) < 4.78 is 15.1. The number of esters is 1. The van der Waals surface area contributed by atoms with Gasteiger partial charge in [-0.15, -0.1) is 0 Å². The molecule has 1 aromatic carbocycles. The molecule has 0 atom stereocenters. The lowest BCUT2D eigenvalue weighted by Gasteiger charge is -2.09. The van der Waals surface area contributed by atoms with E-state index in [0.717, 1.165) is 0 Å². The van der Waals surface area contributed by atoms with Crippen LogP contribution in [0.3, 0.4) is 0 Å². The van der Waals surface area contributed by atoms with E-state index in [1.54, 1.807) is 25.1 Å². The Morgan fingerprint density at radius 3 is 2.92 bits per heavy atom. The first-order valence-electron chi connectivity index (χ1n) is 7.02. The fourth-order valence-corrected chi connectivity index (χ4v) is 2.36. The third-order valence-electron chi connectivity index (χ3n) is 3.16. The number of carbonyl (C=O) groups is 1. The first kappa shape index (κ1) is 16.0.